The van der Waals surface area contributed by atoms with E-state index < -0.39 is 17.7 Å². The number of ether oxygens (including phenoxy) is 4. The van der Waals surface area contributed by atoms with E-state index in [1.807, 2.05) is 81.4 Å². The summed E-state index contributed by atoms with van der Waals surface area (Å²) in [5.41, 5.74) is 3.06. The van der Waals surface area contributed by atoms with Crippen LogP contribution in [0.5, 0.6) is 11.5 Å². The number of para-hydroxylation sites is 1. The van der Waals surface area contributed by atoms with Gasteiger partial charge >= 0.3 is 5.97 Å². The molecule has 37 heavy (non-hydrogen) atoms. The lowest BCUT2D eigenvalue weighted by atomic mass is 9.97. The summed E-state index contributed by atoms with van der Waals surface area (Å²) in [7, 11) is 0. The maximum atomic E-state index is 12.4. The molecule has 1 atom stereocenters. The van der Waals surface area contributed by atoms with Gasteiger partial charge in [-0.15, -0.1) is 0 Å². The summed E-state index contributed by atoms with van der Waals surface area (Å²) in [5, 5.41) is 9.54. The van der Waals surface area contributed by atoms with Crippen molar-refractivity contribution < 1.29 is 23.7 Å². The van der Waals surface area contributed by atoms with E-state index in [4.69, 9.17) is 24.4 Å². The number of hydrogen-bond donors (Lipinski definition) is 1. The van der Waals surface area contributed by atoms with E-state index in [-0.39, 0.29) is 19.1 Å². The van der Waals surface area contributed by atoms with E-state index in [2.05, 4.69) is 4.98 Å². The molecule has 0 amide bonds. The zero-order valence-electron chi connectivity index (χ0n) is 21.0. The smallest absolute Gasteiger partial charge is 0.332 e. The quantitative estimate of drug-likeness (QED) is 0.330. The van der Waals surface area contributed by atoms with Crippen molar-refractivity contribution in [2.75, 3.05) is 6.61 Å². The highest BCUT2D eigenvalue weighted by Gasteiger charge is 2.30. The summed E-state index contributed by atoms with van der Waals surface area (Å²) in [6.07, 6.45) is -0.663. The number of esters is 1. The molecule has 0 bridgehead atoms. The molecule has 2 heterocycles. The third-order valence-corrected chi connectivity index (χ3v) is 5.79. The first-order valence-corrected chi connectivity index (χ1v) is 12.1. The Morgan fingerprint density at radius 3 is 2.59 bits per heavy atom. The Labute approximate surface area is 215 Å². The minimum Gasteiger partial charge on any atom is -0.487 e. The Bertz CT molecular complexity index is 1470. The van der Waals surface area contributed by atoms with Gasteiger partial charge in [0.05, 0.1) is 11.2 Å². The molecule has 188 valence electrons. The van der Waals surface area contributed by atoms with E-state index in [0.717, 1.165) is 22.2 Å². The van der Waals surface area contributed by atoms with Gasteiger partial charge in [0.1, 0.15) is 36.4 Å². The van der Waals surface area contributed by atoms with E-state index in [1.165, 1.54) is 0 Å². The van der Waals surface area contributed by atoms with E-state index in [9.17, 15) is 4.79 Å². The number of fused-ring (bicyclic) bond motifs is 3. The third kappa shape index (κ3) is 5.62. The van der Waals surface area contributed by atoms with Gasteiger partial charge in [-0.1, -0.05) is 42.5 Å². The van der Waals surface area contributed by atoms with Gasteiger partial charge in [-0.25, -0.2) is 9.78 Å². The number of carbonyl (C=O) groups is 1. The molecule has 1 unspecified atom stereocenters. The number of hydrogen-bond acceptors (Lipinski definition) is 7. The van der Waals surface area contributed by atoms with Crippen LogP contribution in [0, 0.1) is 5.41 Å². The lowest BCUT2D eigenvalue weighted by Crippen LogP contribution is -2.27. The van der Waals surface area contributed by atoms with E-state index >= 15 is 0 Å². The molecule has 0 saturated heterocycles. The molecule has 0 radical (unpaired) electrons. The van der Waals surface area contributed by atoms with Crippen LogP contribution in [0.3, 0.4) is 0 Å². The number of nitrogens with zero attached hydrogens (tertiary/aromatic N) is 1. The predicted octanol–water partition coefficient (Wildman–Crippen LogP) is 5.98. The highest BCUT2D eigenvalue weighted by atomic mass is 16.6. The molecule has 1 aliphatic rings. The van der Waals surface area contributed by atoms with E-state index in [0.29, 0.717) is 22.6 Å². The van der Waals surface area contributed by atoms with Gasteiger partial charge in [-0.3, -0.25) is 5.41 Å². The largest absolute Gasteiger partial charge is 0.487 e. The fourth-order valence-electron chi connectivity index (χ4n) is 4.23. The van der Waals surface area contributed by atoms with Crippen LogP contribution in [-0.2, 0) is 20.9 Å². The van der Waals surface area contributed by atoms with Crippen molar-refractivity contribution in [1.82, 2.24) is 4.98 Å². The van der Waals surface area contributed by atoms with Crippen molar-refractivity contribution in [2.24, 2.45) is 0 Å². The van der Waals surface area contributed by atoms with Gasteiger partial charge in [0.2, 0.25) is 5.90 Å². The summed E-state index contributed by atoms with van der Waals surface area (Å²) in [6, 6.07) is 24.6. The first-order chi connectivity index (χ1) is 17.8. The molecule has 1 aromatic heterocycles. The first-order valence-electron chi connectivity index (χ1n) is 12.1. The van der Waals surface area contributed by atoms with Crippen LogP contribution in [0.4, 0.5) is 0 Å². The van der Waals surface area contributed by atoms with Crippen LogP contribution < -0.4 is 9.47 Å². The van der Waals surface area contributed by atoms with Crippen LogP contribution in [0.25, 0.3) is 10.9 Å². The number of carbonyl (C=O) groups excluding carboxylic acids is 1. The number of aromatic nitrogens is 1. The maximum Gasteiger partial charge on any atom is 0.332 e. The summed E-state index contributed by atoms with van der Waals surface area (Å²) in [4.78, 5) is 17.1. The Hall–Kier alpha value is -4.23. The van der Waals surface area contributed by atoms with Gasteiger partial charge in [-0.05, 0) is 62.7 Å². The van der Waals surface area contributed by atoms with Crippen molar-refractivity contribution in [3.63, 3.8) is 0 Å². The number of pyridine rings is 1. The number of nitrogens with one attached hydrogen (secondary N) is 1. The van der Waals surface area contributed by atoms with Crippen molar-refractivity contribution in [2.45, 2.75) is 39.1 Å². The van der Waals surface area contributed by atoms with Crippen molar-refractivity contribution in [3.05, 3.63) is 101 Å². The van der Waals surface area contributed by atoms with Gasteiger partial charge < -0.3 is 18.9 Å². The summed E-state index contributed by atoms with van der Waals surface area (Å²) >= 11 is 0. The van der Waals surface area contributed by atoms with Crippen molar-refractivity contribution in [1.29, 1.82) is 5.41 Å². The molecule has 7 heteroatoms. The monoisotopic (exact) mass is 496 g/mol. The van der Waals surface area contributed by atoms with Crippen molar-refractivity contribution >= 4 is 22.8 Å². The second-order valence-corrected chi connectivity index (χ2v) is 9.78. The molecular formula is C30H28N2O5. The van der Waals surface area contributed by atoms with Crippen molar-refractivity contribution in [3.8, 4) is 11.5 Å². The van der Waals surface area contributed by atoms with Gasteiger partial charge in [-0.2, -0.15) is 0 Å². The van der Waals surface area contributed by atoms with E-state index in [1.54, 1.807) is 18.2 Å². The lowest BCUT2D eigenvalue weighted by Gasteiger charge is -2.22. The summed E-state index contributed by atoms with van der Waals surface area (Å²) in [6.45, 7) is 5.45. The number of rotatable bonds is 6. The highest BCUT2D eigenvalue weighted by Crippen LogP contribution is 2.40. The fourth-order valence-corrected chi connectivity index (χ4v) is 4.23. The molecule has 3 aromatic carbocycles. The summed E-state index contributed by atoms with van der Waals surface area (Å²) < 4.78 is 23.5. The minimum atomic E-state index is -0.663. The average Bonchev–Trinajstić information content (AvgIpc) is 2.99. The predicted molar refractivity (Wildman–Crippen MR) is 140 cm³/mol. The molecular weight excluding hydrogens is 468 g/mol. The molecule has 0 aliphatic carbocycles. The molecule has 7 nitrogen and oxygen atoms in total. The average molecular weight is 497 g/mol. The molecule has 4 aromatic rings. The Morgan fingerprint density at radius 1 is 0.973 bits per heavy atom. The molecule has 5 rings (SSSR count). The molecule has 1 N–H and O–H groups in total. The van der Waals surface area contributed by atoms with Gasteiger partial charge in [0.15, 0.2) is 0 Å². The molecule has 0 saturated carbocycles. The second-order valence-electron chi connectivity index (χ2n) is 9.78. The Balaban J connectivity index is 1.43. The lowest BCUT2D eigenvalue weighted by molar-refractivity contribution is -0.161. The topological polar surface area (TPSA) is 90.7 Å². The molecule has 1 aliphatic heterocycles. The zero-order valence-corrected chi connectivity index (χ0v) is 21.0. The molecule has 0 spiro atoms. The second kappa shape index (κ2) is 10.0. The SMILES string of the molecule is CC(C)(C)OC(=O)COC1c2cc(OCc3ccc4ccccc4n3)ccc2OC(=N)c2ccccc21. The minimum absolute atomic E-state index is 0.00856. The number of benzene rings is 3. The molecule has 0 fully saturated rings. The highest BCUT2D eigenvalue weighted by molar-refractivity contribution is 5.96. The standard InChI is InChI=1S/C30H28N2O5/c1-30(2,3)37-27(33)18-35-28-22-9-5-6-10-23(22)29(31)36-26-15-14-21(16-24(26)28)34-17-20-13-12-19-8-4-7-11-25(19)32-20/h4-16,28,31H,17-18H2,1-3H3. The zero-order chi connectivity index (χ0) is 26.0. The van der Waals surface area contributed by atoms with Gasteiger partial charge in [0, 0.05) is 16.5 Å². The van der Waals surface area contributed by atoms with Gasteiger partial charge in [0.25, 0.3) is 0 Å². The fraction of sp³-hybridized carbons (Fsp3) is 0.233. The first kappa shape index (κ1) is 24.5. The third-order valence-electron chi connectivity index (χ3n) is 5.79. The summed E-state index contributed by atoms with van der Waals surface area (Å²) in [5.74, 6) is 0.594. The Kier molecular flexibility index (Phi) is 6.63. The van der Waals surface area contributed by atoms with Crippen LogP contribution in [-0.4, -0.2) is 29.1 Å². The van der Waals surface area contributed by atoms with Crippen LogP contribution in [0.2, 0.25) is 0 Å². The normalized spacial score (nSPS) is 14.8. The van der Waals surface area contributed by atoms with Crippen LogP contribution in [0.1, 0.15) is 49.3 Å². The Morgan fingerprint density at radius 2 is 1.76 bits per heavy atom. The maximum absolute atomic E-state index is 12.4. The van der Waals surface area contributed by atoms with Crippen LogP contribution >= 0.6 is 0 Å². The van der Waals surface area contributed by atoms with Crippen LogP contribution in [0.15, 0.2) is 78.9 Å².